The summed E-state index contributed by atoms with van der Waals surface area (Å²) in [6.45, 7) is 0. The van der Waals surface area contributed by atoms with E-state index in [4.69, 9.17) is 4.55 Å². The zero-order valence-electron chi connectivity index (χ0n) is 10.8. The summed E-state index contributed by atoms with van der Waals surface area (Å²) in [5, 5.41) is -12.3. The summed E-state index contributed by atoms with van der Waals surface area (Å²) < 4.78 is 166. The molecule has 0 atom stereocenters. The van der Waals surface area contributed by atoms with Crippen molar-refractivity contribution < 1.29 is 88.7 Å². The van der Waals surface area contributed by atoms with Gasteiger partial charge in [0.2, 0.25) is 0 Å². The van der Waals surface area contributed by atoms with E-state index in [1.165, 1.54) is 0 Å². The molecule has 0 aromatic carbocycles. The third-order valence-electron chi connectivity index (χ3n) is 1.30. The Morgan fingerprint density at radius 3 is 0.875 bits per heavy atom. The van der Waals surface area contributed by atoms with Gasteiger partial charge >= 0.3 is 51.8 Å². The second-order valence-electron chi connectivity index (χ2n) is 2.96. The second kappa shape index (κ2) is 8.37. The average molecular weight is 423 g/mol. The molecule has 0 aliphatic heterocycles. The van der Waals surface area contributed by atoms with Gasteiger partial charge in [-0.15, -0.1) is 0 Å². The Balaban J connectivity index is -0.000000154. The predicted molar refractivity (Wildman–Crippen MR) is 48.3 cm³/mol. The third-order valence-corrected chi connectivity index (χ3v) is 3.04. The molecule has 0 saturated heterocycles. The summed E-state index contributed by atoms with van der Waals surface area (Å²) in [5.41, 5.74) is 0. The number of alkyl halides is 10. The fourth-order valence-electron chi connectivity index (χ4n) is 0.288. The van der Waals surface area contributed by atoms with Gasteiger partial charge in [0.15, 0.2) is 10.1 Å². The molecule has 0 aromatic heterocycles. The number of halogens is 10. The van der Waals surface area contributed by atoms with Crippen molar-refractivity contribution in [2.75, 3.05) is 0 Å². The van der Waals surface area contributed by atoms with Crippen LogP contribution in [0.3, 0.4) is 0 Å². The van der Waals surface area contributed by atoms with Crippen molar-refractivity contribution in [3.63, 3.8) is 0 Å². The topological polar surface area (TPSA) is 147 Å². The fraction of sp³-hybridized carbons (Fsp3) is 1.00. The summed E-state index contributed by atoms with van der Waals surface area (Å²) >= 11 is 0. The maximum Gasteiger partial charge on any atom is 1.00 e. The molecule has 0 radical (unpaired) electrons. The maximum atomic E-state index is 11.5. The van der Waals surface area contributed by atoms with E-state index in [2.05, 4.69) is 0 Å². The van der Waals surface area contributed by atoms with Crippen LogP contribution in [0.2, 0.25) is 0 Å². The van der Waals surface area contributed by atoms with Crippen LogP contribution in [0, 0.1) is 0 Å². The first-order chi connectivity index (χ1) is 9.00. The Kier molecular flexibility index (Phi) is 11.0. The minimum absolute atomic E-state index is 0. The molecule has 0 amide bonds. The van der Waals surface area contributed by atoms with Crippen LogP contribution >= 0.6 is 0 Å². The molecule has 0 spiro atoms. The summed E-state index contributed by atoms with van der Waals surface area (Å²) in [5.74, 6) is 0. The van der Waals surface area contributed by atoms with E-state index < -0.39 is 43.1 Å². The SMILES string of the molecule is N.O=S(=O)(O)C(F)(F)C(F)(F)F.O=S(=O)([O-])C(F)(F)C(F)(F)F.[Li+]. The van der Waals surface area contributed by atoms with E-state index in [0.717, 1.165) is 0 Å². The van der Waals surface area contributed by atoms with Gasteiger partial charge in [0.05, 0.1) is 0 Å². The molecular weight excluding hydrogens is 419 g/mol. The van der Waals surface area contributed by atoms with Crippen molar-refractivity contribution in [2.45, 2.75) is 22.9 Å². The number of hydrogen-bond donors (Lipinski definition) is 2. The van der Waals surface area contributed by atoms with Crippen molar-refractivity contribution >= 4 is 20.2 Å². The van der Waals surface area contributed by atoms with Crippen LogP contribution in [0.1, 0.15) is 0 Å². The average Bonchev–Trinajstić information content (AvgIpc) is 2.10. The molecule has 0 bridgehead atoms. The normalized spacial score (nSPS) is 13.8. The molecule has 0 saturated carbocycles. The minimum atomic E-state index is -6.67. The van der Waals surface area contributed by atoms with Gasteiger partial charge in [-0.2, -0.15) is 52.3 Å². The van der Waals surface area contributed by atoms with Crippen molar-refractivity contribution in [2.24, 2.45) is 0 Å². The number of hydrogen-bond acceptors (Lipinski definition) is 6. The first-order valence-corrected chi connectivity index (χ1v) is 6.66. The molecule has 7 nitrogen and oxygen atoms in total. The molecular formula is C4H4F10LiNO6S2. The van der Waals surface area contributed by atoms with E-state index in [9.17, 15) is 65.3 Å². The second-order valence-corrected chi connectivity index (χ2v) is 5.84. The van der Waals surface area contributed by atoms with Gasteiger partial charge in [0.1, 0.15) is 0 Å². The van der Waals surface area contributed by atoms with E-state index in [1.807, 2.05) is 0 Å². The van der Waals surface area contributed by atoms with Gasteiger partial charge in [-0.1, -0.05) is 0 Å². The van der Waals surface area contributed by atoms with Gasteiger partial charge in [0, 0.05) is 0 Å². The maximum absolute atomic E-state index is 11.5. The summed E-state index contributed by atoms with van der Waals surface area (Å²) in [7, 11) is -13.1. The zero-order chi connectivity index (χ0) is 19.0. The molecule has 0 aromatic rings. The van der Waals surface area contributed by atoms with Crippen LogP contribution in [0.25, 0.3) is 0 Å². The Bertz CT molecular complexity index is 540. The van der Waals surface area contributed by atoms with Gasteiger partial charge in [-0.25, -0.2) is 8.42 Å². The quantitative estimate of drug-likeness (QED) is 0.325. The van der Waals surface area contributed by atoms with Crippen LogP contribution in [-0.4, -0.2) is 48.8 Å². The van der Waals surface area contributed by atoms with E-state index in [-0.39, 0.29) is 25.0 Å². The predicted octanol–water partition coefficient (Wildman–Crippen LogP) is -1.12. The molecule has 0 aliphatic carbocycles. The Labute approximate surface area is 138 Å². The Morgan fingerprint density at radius 1 is 0.667 bits per heavy atom. The van der Waals surface area contributed by atoms with Gasteiger partial charge in [-0.05, 0) is 0 Å². The standard InChI is InChI=1S/2C2HF5O3S.Li.H3N/c2*3-1(4,5)2(6,7)11(8,9)10;;/h2*(H,8,9,10);;1H3/q;;+1;/p-1. The molecule has 0 heterocycles. The van der Waals surface area contributed by atoms with Crippen molar-refractivity contribution in [1.82, 2.24) is 6.15 Å². The molecule has 0 fully saturated rings. The summed E-state index contributed by atoms with van der Waals surface area (Å²) in [6, 6.07) is 0. The smallest absolute Gasteiger partial charge is 0.743 e. The zero-order valence-corrected chi connectivity index (χ0v) is 12.4. The summed E-state index contributed by atoms with van der Waals surface area (Å²) in [6.07, 6.45) is -12.6. The molecule has 144 valence electrons. The minimum Gasteiger partial charge on any atom is -0.743 e. The van der Waals surface area contributed by atoms with Gasteiger partial charge in [0.25, 0.3) is 0 Å². The molecule has 0 unspecified atom stereocenters. The van der Waals surface area contributed by atoms with Crippen LogP contribution in [0.4, 0.5) is 43.9 Å². The molecule has 24 heavy (non-hydrogen) atoms. The molecule has 0 rings (SSSR count). The number of rotatable bonds is 2. The van der Waals surface area contributed by atoms with Crippen molar-refractivity contribution in [3.8, 4) is 0 Å². The first-order valence-electron chi connectivity index (χ1n) is 3.81. The largest absolute Gasteiger partial charge is 1.00 e. The van der Waals surface area contributed by atoms with E-state index in [0.29, 0.717) is 0 Å². The van der Waals surface area contributed by atoms with Crippen molar-refractivity contribution in [1.29, 1.82) is 0 Å². The van der Waals surface area contributed by atoms with Crippen LogP contribution in [0.5, 0.6) is 0 Å². The van der Waals surface area contributed by atoms with Crippen LogP contribution < -0.4 is 25.0 Å². The van der Waals surface area contributed by atoms with Gasteiger partial charge < -0.3 is 10.7 Å². The monoisotopic (exact) mass is 423 g/mol. The third kappa shape index (κ3) is 7.28. The van der Waals surface area contributed by atoms with E-state index in [1.54, 1.807) is 0 Å². The fourth-order valence-corrected chi connectivity index (χ4v) is 0.864. The van der Waals surface area contributed by atoms with Crippen LogP contribution in [-0.2, 0) is 20.2 Å². The Morgan fingerprint density at radius 2 is 0.875 bits per heavy atom. The Hall–Kier alpha value is -0.323. The van der Waals surface area contributed by atoms with E-state index >= 15 is 0 Å². The first kappa shape index (κ1) is 31.4. The molecule has 0 aliphatic rings. The van der Waals surface area contributed by atoms with Crippen LogP contribution in [0.15, 0.2) is 0 Å². The molecule has 20 heteroatoms. The molecule has 4 N–H and O–H groups in total. The van der Waals surface area contributed by atoms with Gasteiger partial charge in [-0.3, -0.25) is 4.55 Å². The van der Waals surface area contributed by atoms with Crippen molar-refractivity contribution in [3.05, 3.63) is 0 Å². The summed E-state index contributed by atoms with van der Waals surface area (Å²) in [4.78, 5) is 0.